The third kappa shape index (κ3) is 4.57. The van der Waals surface area contributed by atoms with Gasteiger partial charge in [0.1, 0.15) is 0 Å². The van der Waals surface area contributed by atoms with Gasteiger partial charge in [0.25, 0.3) is 5.91 Å². The van der Waals surface area contributed by atoms with Crippen molar-refractivity contribution in [3.05, 3.63) is 59.7 Å². The molecule has 0 heterocycles. The predicted molar refractivity (Wildman–Crippen MR) is 107 cm³/mol. The Morgan fingerprint density at radius 3 is 2.36 bits per heavy atom. The van der Waals surface area contributed by atoms with Crippen LogP contribution in [0.3, 0.4) is 0 Å². The lowest BCUT2D eigenvalue weighted by Crippen LogP contribution is -2.36. The number of amides is 2. The summed E-state index contributed by atoms with van der Waals surface area (Å²) in [6, 6.07) is 14.2. The third-order valence-electron chi connectivity index (χ3n) is 5.13. The van der Waals surface area contributed by atoms with Crippen molar-refractivity contribution in [2.75, 3.05) is 10.6 Å². The molecule has 2 atom stereocenters. The van der Waals surface area contributed by atoms with Gasteiger partial charge in [0.2, 0.25) is 5.91 Å². The lowest BCUT2D eigenvalue weighted by atomic mass is 9.78. The summed E-state index contributed by atoms with van der Waals surface area (Å²) in [5, 5.41) is 15.0. The van der Waals surface area contributed by atoms with E-state index >= 15 is 0 Å². The average Bonchev–Trinajstić information content (AvgIpc) is 2.68. The summed E-state index contributed by atoms with van der Waals surface area (Å²) in [5.74, 6) is -2.88. The second kappa shape index (κ2) is 8.69. The number of benzene rings is 2. The van der Waals surface area contributed by atoms with Crippen molar-refractivity contribution in [2.24, 2.45) is 11.8 Å². The molecule has 0 spiro atoms. The number of nitrogens with one attached hydrogen (secondary N) is 2. The summed E-state index contributed by atoms with van der Waals surface area (Å²) < 4.78 is 0. The van der Waals surface area contributed by atoms with E-state index in [0.29, 0.717) is 29.8 Å². The fourth-order valence-corrected chi connectivity index (χ4v) is 3.68. The van der Waals surface area contributed by atoms with E-state index in [-0.39, 0.29) is 11.8 Å². The molecule has 0 saturated heterocycles. The average molecular weight is 380 g/mol. The highest BCUT2D eigenvalue weighted by atomic mass is 16.4. The van der Waals surface area contributed by atoms with Gasteiger partial charge < -0.3 is 15.7 Å². The number of anilines is 2. The van der Waals surface area contributed by atoms with E-state index in [1.807, 2.05) is 25.1 Å². The van der Waals surface area contributed by atoms with Gasteiger partial charge in [-0.3, -0.25) is 14.4 Å². The molecule has 6 heteroatoms. The SMILES string of the molecule is Cc1cccc(NC(=O)c2ccccc2NC(=O)[C@H]2CCCC[C@@H]2C(=O)O)c1. The lowest BCUT2D eigenvalue weighted by Gasteiger charge is -2.27. The normalized spacial score (nSPS) is 18.9. The summed E-state index contributed by atoms with van der Waals surface area (Å²) in [7, 11) is 0. The molecule has 2 aromatic rings. The summed E-state index contributed by atoms with van der Waals surface area (Å²) >= 11 is 0. The van der Waals surface area contributed by atoms with Crippen molar-refractivity contribution in [1.82, 2.24) is 0 Å². The molecule has 0 radical (unpaired) electrons. The van der Waals surface area contributed by atoms with Gasteiger partial charge in [0.05, 0.1) is 23.1 Å². The van der Waals surface area contributed by atoms with E-state index < -0.39 is 17.8 Å². The molecule has 1 aliphatic carbocycles. The fourth-order valence-electron chi connectivity index (χ4n) is 3.68. The molecule has 146 valence electrons. The second-order valence-electron chi connectivity index (χ2n) is 7.19. The van der Waals surface area contributed by atoms with Crippen LogP contribution in [0.1, 0.15) is 41.6 Å². The summed E-state index contributed by atoms with van der Waals surface area (Å²) in [6.45, 7) is 1.94. The molecule has 2 aromatic carbocycles. The van der Waals surface area contributed by atoms with Crippen molar-refractivity contribution >= 4 is 29.2 Å². The number of para-hydroxylation sites is 1. The van der Waals surface area contributed by atoms with Gasteiger partial charge in [-0.15, -0.1) is 0 Å². The summed E-state index contributed by atoms with van der Waals surface area (Å²) in [5.41, 5.74) is 2.41. The maximum Gasteiger partial charge on any atom is 0.307 e. The second-order valence-corrected chi connectivity index (χ2v) is 7.19. The van der Waals surface area contributed by atoms with E-state index in [1.54, 1.807) is 30.3 Å². The Labute approximate surface area is 164 Å². The molecule has 1 aliphatic rings. The molecule has 2 amide bonds. The molecule has 0 aromatic heterocycles. The van der Waals surface area contributed by atoms with Gasteiger partial charge in [-0.1, -0.05) is 37.1 Å². The Hall–Kier alpha value is -3.15. The minimum Gasteiger partial charge on any atom is -0.481 e. The fraction of sp³-hybridized carbons (Fsp3) is 0.318. The van der Waals surface area contributed by atoms with Crippen molar-refractivity contribution in [3.8, 4) is 0 Å². The molecular formula is C22H24N2O4. The number of hydrogen-bond donors (Lipinski definition) is 3. The highest BCUT2D eigenvalue weighted by Crippen LogP contribution is 2.31. The zero-order valence-corrected chi connectivity index (χ0v) is 15.8. The van der Waals surface area contributed by atoms with Gasteiger partial charge in [0, 0.05) is 5.69 Å². The van der Waals surface area contributed by atoms with Crippen LogP contribution in [0.2, 0.25) is 0 Å². The standard InChI is InChI=1S/C22H24N2O4/c1-14-7-6-8-15(13-14)23-21(26)18-11-4-5-12-19(18)24-20(25)16-9-2-3-10-17(16)22(27)28/h4-8,11-13,16-17H,2-3,9-10H2,1H3,(H,23,26)(H,24,25)(H,27,28)/t16-,17-/m0/s1. The smallest absolute Gasteiger partial charge is 0.307 e. The Balaban J connectivity index is 1.77. The number of aliphatic carboxylic acids is 1. The van der Waals surface area contributed by atoms with E-state index in [9.17, 15) is 19.5 Å². The molecule has 0 aliphatic heterocycles. The molecule has 0 unspecified atom stereocenters. The Morgan fingerprint density at radius 1 is 0.929 bits per heavy atom. The minimum absolute atomic E-state index is 0.333. The Bertz CT molecular complexity index is 894. The van der Waals surface area contributed by atoms with Gasteiger partial charge in [-0.2, -0.15) is 0 Å². The monoisotopic (exact) mass is 380 g/mol. The Kier molecular flexibility index (Phi) is 6.09. The minimum atomic E-state index is -0.940. The number of carboxylic acids is 1. The van der Waals surface area contributed by atoms with E-state index in [0.717, 1.165) is 18.4 Å². The van der Waals surface area contributed by atoms with E-state index in [1.165, 1.54) is 0 Å². The first-order valence-corrected chi connectivity index (χ1v) is 9.46. The van der Waals surface area contributed by atoms with Crippen LogP contribution >= 0.6 is 0 Å². The maximum atomic E-state index is 12.8. The number of hydrogen-bond acceptors (Lipinski definition) is 3. The zero-order valence-electron chi connectivity index (χ0n) is 15.8. The lowest BCUT2D eigenvalue weighted by molar-refractivity contribution is -0.147. The van der Waals surface area contributed by atoms with Crippen LogP contribution in [0, 0.1) is 18.8 Å². The van der Waals surface area contributed by atoms with Crippen LogP contribution in [0.15, 0.2) is 48.5 Å². The topological polar surface area (TPSA) is 95.5 Å². The quantitative estimate of drug-likeness (QED) is 0.728. The number of carbonyl (C=O) groups excluding carboxylic acids is 2. The highest BCUT2D eigenvalue weighted by molar-refractivity contribution is 6.10. The largest absolute Gasteiger partial charge is 0.481 e. The first-order valence-electron chi connectivity index (χ1n) is 9.46. The number of aryl methyl sites for hydroxylation is 1. The van der Waals surface area contributed by atoms with Crippen LogP contribution in [-0.2, 0) is 9.59 Å². The first kappa shape index (κ1) is 19.6. The van der Waals surface area contributed by atoms with Gasteiger partial charge in [-0.05, 0) is 49.6 Å². The summed E-state index contributed by atoms with van der Waals surface area (Å²) in [4.78, 5) is 37.0. The number of carbonyl (C=O) groups is 3. The Morgan fingerprint density at radius 2 is 1.64 bits per heavy atom. The molecule has 0 bridgehead atoms. The van der Waals surface area contributed by atoms with Crippen LogP contribution in [0.5, 0.6) is 0 Å². The number of rotatable bonds is 5. The maximum absolute atomic E-state index is 12.8. The van der Waals surface area contributed by atoms with Crippen molar-refractivity contribution in [3.63, 3.8) is 0 Å². The number of carboxylic acid groups (broad SMARTS) is 1. The molecule has 1 fully saturated rings. The summed E-state index contributed by atoms with van der Waals surface area (Å²) in [6.07, 6.45) is 2.69. The molecule has 3 N–H and O–H groups in total. The predicted octanol–water partition coefficient (Wildman–Crippen LogP) is 4.08. The van der Waals surface area contributed by atoms with Crippen molar-refractivity contribution in [2.45, 2.75) is 32.6 Å². The molecule has 28 heavy (non-hydrogen) atoms. The van der Waals surface area contributed by atoms with Crippen LogP contribution in [-0.4, -0.2) is 22.9 Å². The van der Waals surface area contributed by atoms with Crippen molar-refractivity contribution in [1.29, 1.82) is 0 Å². The van der Waals surface area contributed by atoms with Gasteiger partial charge >= 0.3 is 5.97 Å². The first-order chi connectivity index (χ1) is 13.5. The molecule has 1 saturated carbocycles. The molecule has 3 rings (SSSR count). The van der Waals surface area contributed by atoms with Gasteiger partial charge in [0.15, 0.2) is 0 Å². The third-order valence-corrected chi connectivity index (χ3v) is 5.13. The highest BCUT2D eigenvalue weighted by Gasteiger charge is 2.36. The molecular weight excluding hydrogens is 356 g/mol. The van der Waals surface area contributed by atoms with Crippen LogP contribution in [0.25, 0.3) is 0 Å². The van der Waals surface area contributed by atoms with Crippen LogP contribution < -0.4 is 10.6 Å². The zero-order chi connectivity index (χ0) is 20.1. The van der Waals surface area contributed by atoms with E-state index in [4.69, 9.17) is 0 Å². The molecule has 6 nitrogen and oxygen atoms in total. The van der Waals surface area contributed by atoms with Crippen LogP contribution in [0.4, 0.5) is 11.4 Å². The van der Waals surface area contributed by atoms with Crippen molar-refractivity contribution < 1.29 is 19.5 Å². The van der Waals surface area contributed by atoms with E-state index in [2.05, 4.69) is 10.6 Å². The van der Waals surface area contributed by atoms with Gasteiger partial charge in [-0.25, -0.2) is 0 Å².